The third kappa shape index (κ3) is 2.78. The van der Waals surface area contributed by atoms with E-state index in [1.165, 1.54) is 17.5 Å². The molecule has 3 aromatic rings. The van der Waals surface area contributed by atoms with Crippen molar-refractivity contribution in [1.29, 1.82) is 0 Å². The number of nitrogens with two attached hydrogens (primary N) is 1. The quantitative estimate of drug-likeness (QED) is 0.511. The normalized spacial score (nSPS) is 18.6. The zero-order valence-corrected chi connectivity index (χ0v) is 17.3. The van der Waals surface area contributed by atoms with Crippen LogP contribution >= 0.6 is 22.9 Å². The number of thiophene rings is 1. The maximum absolute atomic E-state index is 15.4. The van der Waals surface area contributed by atoms with Crippen molar-refractivity contribution in [2.24, 2.45) is 0 Å². The van der Waals surface area contributed by atoms with Crippen LogP contribution in [0.5, 0.6) is 0 Å². The molecular formula is C21H18ClFN2O4S. The van der Waals surface area contributed by atoms with Gasteiger partial charge in [-0.2, -0.15) is 0 Å². The molecule has 2 aliphatic rings. The van der Waals surface area contributed by atoms with Crippen molar-refractivity contribution in [3.05, 3.63) is 49.3 Å². The van der Waals surface area contributed by atoms with Gasteiger partial charge in [0.2, 0.25) is 5.43 Å². The number of hydrogen-bond donors (Lipinski definition) is 3. The van der Waals surface area contributed by atoms with E-state index < -0.39 is 34.6 Å². The molecule has 2 heterocycles. The Morgan fingerprint density at radius 2 is 2.07 bits per heavy atom. The van der Waals surface area contributed by atoms with Gasteiger partial charge in [-0.15, -0.1) is 11.3 Å². The molecule has 1 fully saturated rings. The van der Waals surface area contributed by atoms with Gasteiger partial charge in [-0.05, 0) is 43.7 Å². The Labute approximate surface area is 179 Å². The molecule has 9 heteroatoms. The van der Waals surface area contributed by atoms with Gasteiger partial charge < -0.3 is 20.5 Å². The highest BCUT2D eigenvalue weighted by Gasteiger charge is 2.32. The molecular weight excluding hydrogens is 431 g/mol. The van der Waals surface area contributed by atoms with Crippen molar-refractivity contribution in [3.63, 3.8) is 0 Å². The molecule has 1 aromatic carbocycles. The molecule has 4 N–H and O–H groups in total. The number of carboxylic acids is 1. The third-order valence-electron chi connectivity index (χ3n) is 5.87. The van der Waals surface area contributed by atoms with Crippen LogP contribution in [0.1, 0.15) is 58.6 Å². The molecule has 1 atom stereocenters. The smallest absolute Gasteiger partial charge is 0.341 e. The molecule has 0 radical (unpaired) electrons. The second-order valence-electron chi connectivity index (χ2n) is 7.86. The van der Waals surface area contributed by atoms with Gasteiger partial charge in [0.1, 0.15) is 5.56 Å². The number of anilines is 1. The van der Waals surface area contributed by atoms with E-state index in [4.69, 9.17) is 17.3 Å². The van der Waals surface area contributed by atoms with Crippen molar-refractivity contribution in [3.8, 4) is 10.4 Å². The number of pyridine rings is 1. The minimum atomic E-state index is -1.39. The monoisotopic (exact) mass is 448 g/mol. The summed E-state index contributed by atoms with van der Waals surface area (Å²) in [6.07, 6.45) is 4.59. The van der Waals surface area contributed by atoms with E-state index in [0.29, 0.717) is 11.3 Å². The van der Waals surface area contributed by atoms with Crippen molar-refractivity contribution in [2.45, 2.75) is 44.2 Å². The minimum Gasteiger partial charge on any atom is -0.477 e. The summed E-state index contributed by atoms with van der Waals surface area (Å²) in [6, 6.07) is 1.81. The molecule has 2 aliphatic carbocycles. The van der Waals surface area contributed by atoms with Gasteiger partial charge >= 0.3 is 5.97 Å². The zero-order chi connectivity index (χ0) is 21.3. The number of nitrogen functional groups attached to an aromatic ring is 1. The van der Waals surface area contributed by atoms with Crippen LogP contribution in [0.15, 0.2) is 17.1 Å². The van der Waals surface area contributed by atoms with Gasteiger partial charge in [-0.3, -0.25) is 4.79 Å². The van der Waals surface area contributed by atoms with E-state index >= 15 is 4.39 Å². The molecule has 5 rings (SSSR count). The second kappa shape index (κ2) is 6.80. The topological polar surface area (TPSA) is 106 Å². The summed E-state index contributed by atoms with van der Waals surface area (Å²) in [4.78, 5) is 25.7. The van der Waals surface area contributed by atoms with Crippen LogP contribution in [-0.2, 0) is 6.42 Å². The van der Waals surface area contributed by atoms with Crippen molar-refractivity contribution in [2.75, 3.05) is 5.73 Å². The number of halogens is 2. The maximum Gasteiger partial charge on any atom is 0.341 e. The lowest BCUT2D eigenvalue weighted by molar-refractivity contribution is 0.0695. The number of aliphatic hydroxyl groups is 1. The molecule has 6 nitrogen and oxygen atoms in total. The molecule has 30 heavy (non-hydrogen) atoms. The number of aryl methyl sites for hydroxylation is 1. The summed E-state index contributed by atoms with van der Waals surface area (Å²) >= 11 is 7.95. The highest BCUT2D eigenvalue weighted by Crippen LogP contribution is 2.48. The number of aromatic nitrogens is 1. The van der Waals surface area contributed by atoms with E-state index in [9.17, 15) is 19.8 Å². The first-order valence-corrected chi connectivity index (χ1v) is 10.9. The number of hydrogen-bond acceptors (Lipinski definition) is 5. The highest BCUT2D eigenvalue weighted by atomic mass is 35.5. The van der Waals surface area contributed by atoms with Crippen LogP contribution in [0, 0.1) is 5.82 Å². The van der Waals surface area contributed by atoms with Crippen molar-refractivity contribution >= 4 is 45.5 Å². The summed E-state index contributed by atoms with van der Waals surface area (Å²) in [5, 5.41) is 19.6. The van der Waals surface area contributed by atoms with Crippen LogP contribution in [-0.4, -0.2) is 20.7 Å². The van der Waals surface area contributed by atoms with Crippen LogP contribution in [0.4, 0.5) is 10.1 Å². The summed E-state index contributed by atoms with van der Waals surface area (Å²) in [6.45, 7) is 0. The predicted octanol–water partition coefficient (Wildman–Crippen LogP) is 4.51. The number of carbonyl (C=O) groups is 1. The first-order chi connectivity index (χ1) is 14.3. The largest absolute Gasteiger partial charge is 0.477 e. The molecule has 0 amide bonds. The summed E-state index contributed by atoms with van der Waals surface area (Å²) < 4.78 is 17.1. The van der Waals surface area contributed by atoms with Gasteiger partial charge in [-0.25, -0.2) is 9.18 Å². The Morgan fingerprint density at radius 3 is 2.70 bits per heavy atom. The number of nitrogens with zero attached hydrogens (tertiary/aromatic N) is 1. The van der Waals surface area contributed by atoms with Crippen LogP contribution in [0.3, 0.4) is 0 Å². The first kappa shape index (κ1) is 19.5. The van der Waals surface area contributed by atoms with Crippen LogP contribution in [0.2, 0.25) is 5.02 Å². The van der Waals surface area contributed by atoms with Crippen molar-refractivity contribution < 1.29 is 19.4 Å². The Morgan fingerprint density at radius 1 is 1.33 bits per heavy atom. The number of carboxylic acid groups (broad SMARTS) is 1. The lowest BCUT2D eigenvalue weighted by atomic mass is 9.96. The number of aliphatic hydroxyl groups excluding tert-OH is 1. The van der Waals surface area contributed by atoms with Crippen LogP contribution < -0.4 is 11.2 Å². The summed E-state index contributed by atoms with van der Waals surface area (Å²) in [5.41, 5.74) is 5.65. The Bertz CT molecular complexity index is 1290. The van der Waals surface area contributed by atoms with Crippen LogP contribution in [0.25, 0.3) is 21.3 Å². The molecule has 156 valence electrons. The predicted molar refractivity (Wildman–Crippen MR) is 114 cm³/mol. The SMILES string of the molecule is Nc1c(F)c(-c2cc3c(s2)C(O)CCC3)c(Cl)c2c1c(=O)c(C(=O)O)cn2C1CC1. The van der Waals surface area contributed by atoms with Gasteiger partial charge in [-0.1, -0.05) is 11.6 Å². The summed E-state index contributed by atoms with van der Waals surface area (Å²) in [7, 11) is 0. The van der Waals surface area contributed by atoms with E-state index in [-0.39, 0.29) is 27.5 Å². The average Bonchev–Trinajstić information content (AvgIpc) is 3.45. The Kier molecular flexibility index (Phi) is 4.43. The third-order valence-corrected chi connectivity index (χ3v) is 7.54. The molecule has 0 bridgehead atoms. The highest BCUT2D eigenvalue weighted by molar-refractivity contribution is 7.15. The molecule has 0 aliphatic heterocycles. The number of aromatic carboxylic acids is 1. The van der Waals surface area contributed by atoms with Gasteiger partial charge in [0.25, 0.3) is 0 Å². The average molecular weight is 449 g/mol. The van der Waals surface area contributed by atoms with Gasteiger partial charge in [0, 0.05) is 22.0 Å². The summed E-state index contributed by atoms with van der Waals surface area (Å²) in [5.74, 6) is -2.24. The van der Waals surface area contributed by atoms with E-state index in [1.54, 1.807) is 4.57 Å². The Balaban J connectivity index is 1.86. The van der Waals surface area contributed by atoms with E-state index in [0.717, 1.165) is 36.1 Å². The lowest BCUT2D eigenvalue weighted by Crippen LogP contribution is -2.20. The van der Waals surface area contributed by atoms with Crippen molar-refractivity contribution in [1.82, 2.24) is 4.57 Å². The fourth-order valence-corrected chi connectivity index (χ4v) is 5.95. The zero-order valence-electron chi connectivity index (χ0n) is 15.7. The van der Waals surface area contributed by atoms with Gasteiger partial charge in [0.05, 0.1) is 33.3 Å². The minimum absolute atomic E-state index is 0.0141. The standard InChI is InChI=1S/C21H18ClFN2O4S/c22-15-13(12-6-8-2-1-3-11(26)20(8)30-12)16(23)17(24)14-18(15)25(9-4-5-9)7-10(19(14)27)21(28)29/h6-7,9,11,26H,1-5,24H2,(H,28,29). The number of fused-ring (bicyclic) bond motifs is 2. The number of rotatable bonds is 3. The molecule has 2 aromatic heterocycles. The maximum atomic E-state index is 15.4. The lowest BCUT2D eigenvalue weighted by Gasteiger charge is -2.17. The molecule has 1 unspecified atom stereocenters. The molecule has 0 spiro atoms. The second-order valence-corrected chi connectivity index (χ2v) is 9.33. The van der Waals surface area contributed by atoms with E-state index in [2.05, 4.69) is 0 Å². The van der Waals surface area contributed by atoms with E-state index in [1.807, 2.05) is 6.07 Å². The first-order valence-electron chi connectivity index (χ1n) is 9.69. The fourth-order valence-electron chi connectivity index (χ4n) is 4.24. The molecule has 1 saturated carbocycles. The van der Waals surface area contributed by atoms with Gasteiger partial charge in [0.15, 0.2) is 5.82 Å². The molecule has 0 saturated heterocycles. The number of benzene rings is 1. The Hall–Kier alpha value is -2.42. The fraction of sp³-hybridized carbons (Fsp3) is 0.333.